The third-order valence-electron chi connectivity index (χ3n) is 0. The van der Waals surface area contributed by atoms with Gasteiger partial charge in [-0.25, -0.2) is 14.4 Å². The van der Waals surface area contributed by atoms with Gasteiger partial charge in [0.2, 0.25) is 0 Å². The molecule has 0 aromatic rings. The van der Waals surface area contributed by atoms with Crippen LogP contribution in [0.5, 0.6) is 0 Å². The van der Waals surface area contributed by atoms with Crippen LogP contribution in [0, 0.1) is 0 Å². The normalized spacial score (nSPS) is 4.80. The molecule has 0 heterocycles. The Balaban J connectivity index is -0.0000000184. The molecule has 10 nitrogen and oxygen atoms in total. The van der Waals surface area contributed by atoms with Crippen LogP contribution in [-0.2, 0) is 65.4 Å². The molecule has 12 heteroatoms. The second-order valence-electron chi connectivity index (χ2n) is 0.848. The first kappa shape index (κ1) is 36.3. The first-order valence-electron chi connectivity index (χ1n) is 1.95. The van der Waals surface area contributed by atoms with Crippen molar-refractivity contribution in [1.29, 1.82) is 0 Å². The van der Waals surface area contributed by atoms with Gasteiger partial charge < -0.3 is 36.1 Å². The first-order chi connectivity index (χ1) is 5.20. The Morgan fingerprint density at radius 3 is 0.533 bits per heavy atom. The SMILES string of the molecule is O.O=C(O)O.O=C(O)O.O=C(O)O.[Y].[Y]. The zero-order valence-electron chi connectivity index (χ0n) is 7.06. The Hall–Kier alpha value is -0.0222. The van der Waals surface area contributed by atoms with E-state index in [1.807, 2.05) is 0 Å². The van der Waals surface area contributed by atoms with Crippen LogP contribution in [0.25, 0.3) is 0 Å². The Bertz CT molecular complexity index is 116. The summed E-state index contributed by atoms with van der Waals surface area (Å²) in [5.41, 5.74) is 0. The molecule has 0 aliphatic carbocycles. The zero-order chi connectivity index (χ0) is 10.7. The van der Waals surface area contributed by atoms with Crippen LogP contribution in [0.2, 0.25) is 0 Å². The fraction of sp³-hybridized carbons (Fsp3) is 0. The van der Waals surface area contributed by atoms with Crippen molar-refractivity contribution >= 4 is 18.5 Å². The maximum absolute atomic E-state index is 8.56. The van der Waals surface area contributed by atoms with E-state index in [0.29, 0.717) is 0 Å². The monoisotopic (exact) mass is 382 g/mol. The molecule has 0 saturated carbocycles. The van der Waals surface area contributed by atoms with E-state index in [9.17, 15) is 0 Å². The third-order valence-corrected chi connectivity index (χ3v) is 0. The minimum absolute atomic E-state index is 0. The van der Waals surface area contributed by atoms with Crippen LogP contribution in [0.3, 0.4) is 0 Å². The van der Waals surface area contributed by atoms with Crippen LogP contribution in [0.4, 0.5) is 14.4 Å². The van der Waals surface area contributed by atoms with Crippen molar-refractivity contribution in [2.45, 2.75) is 0 Å². The standard InChI is InChI=1S/3CH2O3.H2O.2Y/c3*2-1(3)4;;;/h3*(H2,2,3,4);1H2;;. The predicted molar refractivity (Wildman–Crippen MR) is 35.6 cm³/mol. The van der Waals surface area contributed by atoms with Crippen molar-refractivity contribution in [3.63, 3.8) is 0 Å². The largest absolute Gasteiger partial charge is 0.503 e. The summed E-state index contributed by atoms with van der Waals surface area (Å²) >= 11 is 0. The minimum atomic E-state index is -1.83. The van der Waals surface area contributed by atoms with Crippen LogP contribution >= 0.6 is 0 Å². The molecule has 0 unspecified atom stereocenters. The maximum Gasteiger partial charge on any atom is 0.503 e. The topological polar surface area (TPSA) is 204 Å². The van der Waals surface area contributed by atoms with Crippen molar-refractivity contribution in [3.05, 3.63) is 0 Å². The van der Waals surface area contributed by atoms with E-state index in [1.165, 1.54) is 0 Å². The van der Waals surface area contributed by atoms with E-state index in [2.05, 4.69) is 0 Å². The molecule has 0 atom stereocenters. The van der Waals surface area contributed by atoms with E-state index in [0.717, 1.165) is 0 Å². The van der Waals surface area contributed by atoms with Gasteiger partial charge in [0.25, 0.3) is 0 Å². The first-order valence-corrected chi connectivity index (χ1v) is 1.95. The summed E-state index contributed by atoms with van der Waals surface area (Å²) in [5, 5.41) is 41.8. The van der Waals surface area contributed by atoms with Crippen LogP contribution in [-0.4, -0.2) is 54.6 Å². The molecule has 0 spiro atoms. The fourth-order valence-corrected chi connectivity index (χ4v) is 0. The van der Waals surface area contributed by atoms with E-state index in [-0.39, 0.29) is 70.9 Å². The Morgan fingerprint density at radius 1 is 0.533 bits per heavy atom. The summed E-state index contributed by atoms with van der Waals surface area (Å²) in [5.74, 6) is 0. The van der Waals surface area contributed by atoms with Gasteiger partial charge in [-0.3, -0.25) is 0 Å². The minimum Gasteiger partial charge on any atom is -0.450 e. The Kier molecular flexibility index (Phi) is 70.7. The van der Waals surface area contributed by atoms with Gasteiger partial charge in [0.05, 0.1) is 0 Å². The van der Waals surface area contributed by atoms with E-state index in [4.69, 9.17) is 45.0 Å². The molecule has 0 aliphatic rings. The van der Waals surface area contributed by atoms with Gasteiger partial charge in [-0.15, -0.1) is 0 Å². The molecular weight excluding hydrogens is 374 g/mol. The van der Waals surface area contributed by atoms with Gasteiger partial charge in [-0.2, -0.15) is 0 Å². The van der Waals surface area contributed by atoms with Gasteiger partial charge in [0.1, 0.15) is 0 Å². The second kappa shape index (κ2) is 29.2. The molecule has 0 fully saturated rings. The Morgan fingerprint density at radius 2 is 0.533 bits per heavy atom. The molecule has 0 bridgehead atoms. The number of carbonyl (C=O) groups is 3. The fourth-order valence-electron chi connectivity index (χ4n) is 0. The molecule has 86 valence electrons. The summed E-state index contributed by atoms with van der Waals surface area (Å²) in [4.78, 5) is 25.7. The molecule has 0 aromatic carbocycles. The maximum atomic E-state index is 8.56. The van der Waals surface area contributed by atoms with Gasteiger partial charge in [0.15, 0.2) is 0 Å². The van der Waals surface area contributed by atoms with Crippen molar-refractivity contribution in [3.8, 4) is 0 Å². The molecule has 0 amide bonds. The molecule has 2 radical (unpaired) electrons. The average Bonchev–Trinajstić information content (AvgIpc) is 1.54. The molecule has 15 heavy (non-hydrogen) atoms. The van der Waals surface area contributed by atoms with Crippen LogP contribution < -0.4 is 0 Å². The van der Waals surface area contributed by atoms with Gasteiger partial charge in [-0.1, -0.05) is 0 Å². The third kappa shape index (κ3) is 4070000. The predicted octanol–water partition coefficient (Wildman–Crippen LogP) is -0.162. The second-order valence-corrected chi connectivity index (χ2v) is 0.848. The summed E-state index contributed by atoms with van der Waals surface area (Å²) in [6.45, 7) is 0. The zero-order valence-corrected chi connectivity index (χ0v) is 12.7. The molecule has 0 aromatic heterocycles. The number of carboxylic acid groups (broad SMARTS) is 6. The van der Waals surface area contributed by atoms with Crippen molar-refractivity contribution in [1.82, 2.24) is 0 Å². The average molecular weight is 382 g/mol. The molecule has 0 rings (SSSR count). The summed E-state index contributed by atoms with van der Waals surface area (Å²) < 4.78 is 0. The number of hydrogen-bond acceptors (Lipinski definition) is 3. The summed E-state index contributed by atoms with van der Waals surface area (Å²) in [6.07, 6.45) is -5.50. The van der Waals surface area contributed by atoms with E-state index >= 15 is 0 Å². The molecule has 0 aliphatic heterocycles. The van der Waals surface area contributed by atoms with Crippen LogP contribution in [0.15, 0.2) is 0 Å². The summed E-state index contributed by atoms with van der Waals surface area (Å²) in [7, 11) is 0. The van der Waals surface area contributed by atoms with Gasteiger partial charge >= 0.3 is 18.5 Å². The van der Waals surface area contributed by atoms with E-state index < -0.39 is 18.5 Å². The number of hydrogen-bond donors (Lipinski definition) is 6. The molecular formula is C3H8O10Y2. The number of rotatable bonds is 0. The smallest absolute Gasteiger partial charge is 0.450 e. The van der Waals surface area contributed by atoms with E-state index in [1.54, 1.807) is 0 Å². The van der Waals surface area contributed by atoms with Crippen molar-refractivity contribution in [2.24, 2.45) is 0 Å². The van der Waals surface area contributed by atoms with Gasteiger partial charge in [0, 0.05) is 65.4 Å². The van der Waals surface area contributed by atoms with Crippen LogP contribution in [0.1, 0.15) is 0 Å². The summed E-state index contributed by atoms with van der Waals surface area (Å²) in [6, 6.07) is 0. The van der Waals surface area contributed by atoms with Crippen molar-refractivity contribution in [2.75, 3.05) is 0 Å². The van der Waals surface area contributed by atoms with Crippen molar-refractivity contribution < 1.29 is 116 Å². The van der Waals surface area contributed by atoms with Gasteiger partial charge in [-0.05, 0) is 0 Å². The Labute approximate surface area is 133 Å². The molecule has 0 saturated heterocycles. The molecule has 8 N–H and O–H groups in total. The quantitative estimate of drug-likeness (QED) is 0.329.